The molecule has 0 radical (unpaired) electrons. The number of nitrogens with one attached hydrogen (secondary N) is 1. The summed E-state index contributed by atoms with van der Waals surface area (Å²) in [5, 5.41) is 4.24. The number of halogens is 1. The zero-order valence-corrected chi connectivity index (χ0v) is 15.9. The maximum atomic E-state index is 12.8. The number of carbonyl (C=O) groups is 2. The predicted octanol–water partition coefficient (Wildman–Crippen LogP) is 3.89. The predicted molar refractivity (Wildman–Crippen MR) is 109 cm³/mol. The Morgan fingerprint density at radius 1 is 1.25 bits per heavy atom. The van der Waals surface area contributed by atoms with E-state index in [1.165, 1.54) is 0 Å². The molecule has 1 saturated heterocycles. The molecule has 2 heterocycles. The molecule has 1 fully saturated rings. The summed E-state index contributed by atoms with van der Waals surface area (Å²) in [6, 6.07) is 14.4. The highest BCUT2D eigenvalue weighted by atomic mass is 35.5. The average molecular weight is 396 g/mol. The Kier molecular flexibility index (Phi) is 4.88. The van der Waals surface area contributed by atoms with Crippen LogP contribution in [0.15, 0.2) is 54.7 Å². The lowest BCUT2D eigenvalue weighted by molar-refractivity contribution is -0.122. The maximum Gasteiger partial charge on any atom is 0.229 e. The van der Waals surface area contributed by atoms with Crippen molar-refractivity contribution in [3.05, 3.63) is 59.8 Å². The number of hydrogen-bond acceptors (Lipinski definition) is 4. The minimum atomic E-state index is -0.462. The van der Waals surface area contributed by atoms with Gasteiger partial charge in [0.25, 0.3) is 0 Å². The van der Waals surface area contributed by atoms with E-state index in [1.54, 1.807) is 36.4 Å². The molecule has 28 heavy (non-hydrogen) atoms. The fraction of sp³-hybridized carbons (Fsp3) is 0.190. The molecule has 0 unspecified atom stereocenters. The van der Waals surface area contributed by atoms with Crippen LogP contribution in [0.4, 0.5) is 11.4 Å². The molecule has 1 aliphatic rings. The number of anilines is 2. The van der Waals surface area contributed by atoms with Gasteiger partial charge in [-0.3, -0.25) is 14.6 Å². The van der Waals surface area contributed by atoms with Crippen LogP contribution in [0.25, 0.3) is 10.9 Å². The van der Waals surface area contributed by atoms with Crippen LogP contribution < -0.4 is 15.0 Å². The average Bonchev–Trinajstić information content (AvgIpc) is 3.10. The number of pyridine rings is 1. The monoisotopic (exact) mass is 395 g/mol. The van der Waals surface area contributed by atoms with Crippen molar-refractivity contribution in [3.8, 4) is 5.75 Å². The number of benzene rings is 2. The second-order valence-corrected chi connectivity index (χ2v) is 7.06. The first-order valence-corrected chi connectivity index (χ1v) is 9.22. The van der Waals surface area contributed by atoms with E-state index in [1.807, 2.05) is 30.3 Å². The minimum absolute atomic E-state index is 0.0949. The SMILES string of the molecule is COc1cccc(N2C[C@@H](C(=O)Nc3cc(Cl)cc4cccnc34)CC2=O)c1. The summed E-state index contributed by atoms with van der Waals surface area (Å²) in [7, 11) is 1.57. The number of nitrogens with zero attached hydrogens (tertiary/aromatic N) is 2. The lowest BCUT2D eigenvalue weighted by Gasteiger charge is -2.17. The molecule has 1 atom stereocenters. The topological polar surface area (TPSA) is 71.5 Å². The van der Waals surface area contributed by atoms with Crippen LogP contribution in [0.5, 0.6) is 5.75 Å². The van der Waals surface area contributed by atoms with Crippen molar-refractivity contribution in [1.29, 1.82) is 0 Å². The summed E-state index contributed by atoms with van der Waals surface area (Å²) in [6.07, 6.45) is 1.81. The molecule has 3 aromatic rings. The molecule has 7 heteroatoms. The zero-order chi connectivity index (χ0) is 19.7. The Balaban J connectivity index is 1.54. The highest BCUT2D eigenvalue weighted by molar-refractivity contribution is 6.32. The van der Waals surface area contributed by atoms with Crippen molar-refractivity contribution in [3.63, 3.8) is 0 Å². The largest absolute Gasteiger partial charge is 0.497 e. The van der Waals surface area contributed by atoms with Crippen LogP contribution in [0.2, 0.25) is 5.02 Å². The molecule has 1 aliphatic heterocycles. The Morgan fingerprint density at radius 3 is 2.93 bits per heavy atom. The molecule has 2 amide bonds. The first kappa shape index (κ1) is 18.3. The van der Waals surface area contributed by atoms with Gasteiger partial charge in [-0.1, -0.05) is 23.7 Å². The van der Waals surface area contributed by atoms with Gasteiger partial charge in [0.05, 0.1) is 24.2 Å². The molecule has 0 aliphatic carbocycles. The van der Waals surface area contributed by atoms with E-state index >= 15 is 0 Å². The lowest BCUT2D eigenvalue weighted by atomic mass is 10.1. The third-order valence-corrected chi connectivity index (χ3v) is 5.01. The van der Waals surface area contributed by atoms with Crippen LogP contribution in [-0.4, -0.2) is 30.5 Å². The number of aromatic nitrogens is 1. The Bertz CT molecular complexity index is 1070. The van der Waals surface area contributed by atoms with E-state index in [9.17, 15) is 9.59 Å². The van der Waals surface area contributed by atoms with Gasteiger partial charge in [0, 0.05) is 41.3 Å². The van der Waals surface area contributed by atoms with E-state index in [0.29, 0.717) is 28.5 Å². The second-order valence-electron chi connectivity index (χ2n) is 6.62. The first-order chi connectivity index (χ1) is 13.5. The van der Waals surface area contributed by atoms with Crippen LogP contribution in [0.3, 0.4) is 0 Å². The second kappa shape index (κ2) is 7.48. The van der Waals surface area contributed by atoms with Gasteiger partial charge >= 0.3 is 0 Å². The highest BCUT2D eigenvalue weighted by Gasteiger charge is 2.35. The quantitative estimate of drug-likeness (QED) is 0.727. The van der Waals surface area contributed by atoms with Crippen molar-refractivity contribution in [2.45, 2.75) is 6.42 Å². The van der Waals surface area contributed by atoms with E-state index in [4.69, 9.17) is 16.3 Å². The van der Waals surface area contributed by atoms with Crippen molar-refractivity contribution >= 4 is 45.7 Å². The lowest BCUT2D eigenvalue weighted by Crippen LogP contribution is -2.28. The third kappa shape index (κ3) is 3.51. The minimum Gasteiger partial charge on any atom is -0.497 e. The molecule has 0 bridgehead atoms. The van der Waals surface area contributed by atoms with Crippen LogP contribution >= 0.6 is 11.6 Å². The van der Waals surface area contributed by atoms with Crippen LogP contribution in [-0.2, 0) is 9.59 Å². The van der Waals surface area contributed by atoms with Crippen molar-refractivity contribution in [1.82, 2.24) is 4.98 Å². The molecule has 0 saturated carbocycles. The number of carbonyl (C=O) groups excluding carboxylic acids is 2. The third-order valence-electron chi connectivity index (χ3n) is 4.79. The molecular formula is C21H18ClN3O3. The van der Waals surface area contributed by atoms with E-state index in [2.05, 4.69) is 10.3 Å². The van der Waals surface area contributed by atoms with Crippen LogP contribution in [0, 0.1) is 5.92 Å². The molecule has 1 N–H and O–H groups in total. The maximum absolute atomic E-state index is 12.8. The Morgan fingerprint density at radius 2 is 2.11 bits per heavy atom. The zero-order valence-electron chi connectivity index (χ0n) is 15.2. The molecule has 6 nitrogen and oxygen atoms in total. The number of ether oxygens (including phenoxy) is 1. The van der Waals surface area contributed by atoms with E-state index < -0.39 is 5.92 Å². The molecule has 4 rings (SSSR count). The van der Waals surface area contributed by atoms with Gasteiger partial charge < -0.3 is 15.0 Å². The van der Waals surface area contributed by atoms with Crippen LogP contribution in [0.1, 0.15) is 6.42 Å². The normalized spacial score (nSPS) is 16.4. The number of rotatable bonds is 4. The van der Waals surface area contributed by atoms with Gasteiger partial charge in [-0.25, -0.2) is 0 Å². The summed E-state index contributed by atoms with van der Waals surface area (Å²) in [5.74, 6) is -0.124. The number of hydrogen-bond donors (Lipinski definition) is 1. The highest BCUT2D eigenvalue weighted by Crippen LogP contribution is 2.30. The van der Waals surface area contributed by atoms with E-state index in [0.717, 1.165) is 11.1 Å². The fourth-order valence-corrected chi connectivity index (χ4v) is 3.62. The standard InChI is InChI=1S/C21H18ClN3O3/c1-28-17-6-2-5-16(11-17)25-12-14(9-19(25)26)21(27)24-18-10-15(22)8-13-4-3-7-23-20(13)18/h2-8,10-11,14H,9,12H2,1H3,(H,24,27)/t14-/m0/s1. The van der Waals surface area contributed by atoms with Crippen molar-refractivity contribution in [2.24, 2.45) is 5.92 Å². The van der Waals surface area contributed by atoms with Gasteiger partial charge in [0.2, 0.25) is 11.8 Å². The van der Waals surface area contributed by atoms with Gasteiger partial charge in [-0.05, 0) is 30.3 Å². The van der Waals surface area contributed by atoms with Gasteiger partial charge in [0.15, 0.2) is 0 Å². The van der Waals surface area contributed by atoms with Gasteiger partial charge in [0.1, 0.15) is 5.75 Å². The van der Waals surface area contributed by atoms with Gasteiger partial charge in [-0.15, -0.1) is 0 Å². The number of fused-ring (bicyclic) bond motifs is 1. The Hall–Kier alpha value is -3.12. The molecule has 2 aromatic carbocycles. The first-order valence-electron chi connectivity index (χ1n) is 8.84. The molecular weight excluding hydrogens is 378 g/mol. The number of methoxy groups -OCH3 is 1. The van der Waals surface area contributed by atoms with Crippen molar-refractivity contribution in [2.75, 3.05) is 23.9 Å². The van der Waals surface area contributed by atoms with Crippen molar-refractivity contribution < 1.29 is 14.3 Å². The summed E-state index contributed by atoms with van der Waals surface area (Å²) >= 11 is 6.17. The summed E-state index contributed by atoms with van der Waals surface area (Å²) in [6.45, 7) is 0.309. The summed E-state index contributed by atoms with van der Waals surface area (Å²) in [4.78, 5) is 31.3. The molecule has 0 spiro atoms. The number of amides is 2. The smallest absolute Gasteiger partial charge is 0.229 e. The summed E-state index contributed by atoms with van der Waals surface area (Å²) < 4.78 is 5.22. The van der Waals surface area contributed by atoms with E-state index in [-0.39, 0.29) is 18.2 Å². The Labute approximate surface area is 167 Å². The summed E-state index contributed by atoms with van der Waals surface area (Å²) in [5.41, 5.74) is 1.92. The fourth-order valence-electron chi connectivity index (χ4n) is 3.40. The van der Waals surface area contributed by atoms with Gasteiger partial charge in [-0.2, -0.15) is 0 Å². The molecule has 1 aromatic heterocycles. The molecule has 142 valence electrons.